The first-order valence-corrected chi connectivity index (χ1v) is 12.1. The van der Waals surface area contributed by atoms with Crippen LogP contribution in [0.25, 0.3) is 10.8 Å². The normalized spacial score (nSPS) is 16.8. The van der Waals surface area contributed by atoms with Gasteiger partial charge in [0.25, 0.3) is 0 Å². The zero-order valence-electron chi connectivity index (χ0n) is 17.4. The van der Waals surface area contributed by atoms with Crippen LogP contribution in [0.15, 0.2) is 47.5 Å². The van der Waals surface area contributed by atoms with Crippen LogP contribution >= 0.6 is 0 Å². The summed E-state index contributed by atoms with van der Waals surface area (Å²) in [4.78, 5) is 4.79. The van der Waals surface area contributed by atoms with Crippen molar-refractivity contribution < 1.29 is 8.42 Å². The second-order valence-corrected chi connectivity index (χ2v) is 9.56. The molecule has 6 nitrogen and oxygen atoms in total. The van der Waals surface area contributed by atoms with Gasteiger partial charge in [-0.25, -0.2) is 17.7 Å². The molecular weight excluding hydrogens is 384 g/mol. The van der Waals surface area contributed by atoms with Crippen molar-refractivity contribution in [1.29, 1.82) is 0 Å². The summed E-state index contributed by atoms with van der Waals surface area (Å²) in [5.41, 5.74) is 1.20. The standard InChI is InChI=1S/C22H32N4O2S/c1-3-16-29(27,28)26-14-12-20(13-15-26)25-22(23-4-2)24-17-19-10-7-9-18-8-5-6-11-21(18)19/h5-11,20H,3-4,12-17H2,1-2H3,(H2,23,24,25). The first-order valence-electron chi connectivity index (χ1n) is 10.5. The van der Waals surface area contributed by atoms with Gasteiger partial charge in [0.2, 0.25) is 10.0 Å². The molecule has 0 saturated carbocycles. The van der Waals surface area contributed by atoms with Crippen molar-refractivity contribution in [2.45, 2.75) is 45.7 Å². The lowest BCUT2D eigenvalue weighted by Gasteiger charge is -2.32. The topological polar surface area (TPSA) is 73.8 Å². The second-order valence-electron chi connectivity index (χ2n) is 7.47. The summed E-state index contributed by atoms with van der Waals surface area (Å²) < 4.78 is 26.1. The minimum absolute atomic E-state index is 0.230. The Morgan fingerprint density at radius 1 is 1.10 bits per heavy atom. The van der Waals surface area contributed by atoms with Gasteiger partial charge in [0, 0.05) is 25.7 Å². The van der Waals surface area contributed by atoms with E-state index in [1.165, 1.54) is 16.3 Å². The fraction of sp³-hybridized carbons (Fsp3) is 0.500. The summed E-state index contributed by atoms with van der Waals surface area (Å²) >= 11 is 0. The van der Waals surface area contributed by atoms with E-state index in [0.29, 0.717) is 26.1 Å². The third kappa shape index (κ3) is 5.70. The molecule has 0 atom stereocenters. The maximum Gasteiger partial charge on any atom is 0.214 e. The number of aliphatic imine (C=N–C) groups is 1. The molecule has 1 saturated heterocycles. The summed E-state index contributed by atoms with van der Waals surface area (Å²) in [6.07, 6.45) is 2.25. The SMILES string of the molecule is CCCS(=O)(=O)N1CCC(NC(=NCc2cccc3ccccc23)NCC)CC1. The molecule has 1 heterocycles. The summed E-state index contributed by atoms with van der Waals surface area (Å²) in [6.45, 7) is 6.48. The average Bonchev–Trinajstić information content (AvgIpc) is 2.72. The molecule has 1 aliphatic heterocycles. The zero-order valence-corrected chi connectivity index (χ0v) is 18.2. The molecule has 2 aromatic carbocycles. The van der Waals surface area contributed by atoms with Crippen LogP contribution < -0.4 is 10.6 Å². The molecule has 1 aliphatic rings. The molecule has 2 aromatic rings. The number of sulfonamides is 1. The van der Waals surface area contributed by atoms with E-state index in [4.69, 9.17) is 4.99 Å². The van der Waals surface area contributed by atoms with E-state index in [-0.39, 0.29) is 11.8 Å². The highest BCUT2D eigenvalue weighted by molar-refractivity contribution is 7.89. The van der Waals surface area contributed by atoms with Crippen LogP contribution in [0.1, 0.15) is 38.7 Å². The Balaban J connectivity index is 1.63. The fourth-order valence-corrected chi connectivity index (χ4v) is 5.31. The summed E-state index contributed by atoms with van der Waals surface area (Å²) in [5.74, 6) is 1.02. The predicted molar refractivity (Wildman–Crippen MR) is 121 cm³/mol. The summed E-state index contributed by atoms with van der Waals surface area (Å²) in [7, 11) is -3.10. The molecule has 7 heteroatoms. The number of fused-ring (bicyclic) bond motifs is 1. The van der Waals surface area contributed by atoms with Gasteiger partial charge in [0.1, 0.15) is 0 Å². The van der Waals surface area contributed by atoms with Crippen LogP contribution in [0.4, 0.5) is 0 Å². The van der Waals surface area contributed by atoms with E-state index in [9.17, 15) is 8.42 Å². The van der Waals surface area contributed by atoms with Gasteiger partial charge in [-0.05, 0) is 42.5 Å². The molecule has 0 aliphatic carbocycles. The Morgan fingerprint density at radius 3 is 2.55 bits per heavy atom. The maximum absolute atomic E-state index is 12.3. The first kappa shape index (κ1) is 21.6. The van der Waals surface area contributed by atoms with Crippen LogP contribution in [0.5, 0.6) is 0 Å². The van der Waals surface area contributed by atoms with E-state index in [1.807, 2.05) is 13.0 Å². The Bertz CT molecular complexity index is 929. The van der Waals surface area contributed by atoms with E-state index in [2.05, 4.69) is 54.0 Å². The number of nitrogens with one attached hydrogen (secondary N) is 2. The van der Waals surface area contributed by atoms with Gasteiger partial charge in [0.05, 0.1) is 12.3 Å². The highest BCUT2D eigenvalue weighted by atomic mass is 32.2. The lowest BCUT2D eigenvalue weighted by molar-refractivity contribution is 0.306. The third-order valence-electron chi connectivity index (χ3n) is 5.28. The van der Waals surface area contributed by atoms with Gasteiger partial charge < -0.3 is 10.6 Å². The molecule has 2 N–H and O–H groups in total. The lowest BCUT2D eigenvalue weighted by Crippen LogP contribution is -2.50. The fourth-order valence-electron chi connectivity index (χ4n) is 3.77. The van der Waals surface area contributed by atoms with E-state index in [0.717, 1.165) is 25.3 Å². The predicted octanol–water partition coefficient (Wildman–Crippen LogP) is 3.10. The van der Waals surface area contributed by atoms with Crippen molar-refractivity contribution in [3.05, 3.63) is 48.0 Å². The van der Waals surface area contributed by atoms with Crippen LogP contribution in [-0.4, -0.2) is 50.1 Å². The largest absolute Gasteiger partial charge is 0.357 e. The maximum atomic E-state index is 12.3. The summed E-state index contributed by atoms with van der Waals surface area (Å²) in [6, 6.07) is 14.9. The first-order chi connectivity index (χ1) is 14.0. The number of piperidine rings is 1. The Morgan fingerprint density at radius 2 is 1.83 bits per heavy atom. The van der Waals surface area contributed by atoms with Gasteiger partial charge in [-0.3, -0.25) is 0 Å². The summed E-state index contributed by atoms with van der Waals surface area (Å²) in [5, 5.41) is 9.26. The molecule has 29 heavy (non-hydrogen) atoms. The monoisotopic (exact) mass is 416 g/mol. The number of nitrogens with zero attached hydrogens (tertiary/aromatic N) is 2. The molecule has 0 amide bonds. The van der Waals surface area contributed by atoms with Gasteiger partial charge in [-0.2, -0.15) is 0 Å². The lowest BCUT2D eigenvalue weighted by atomic mass is 10.0. The van der Waals surface area contributed by atoms with Crippen molar-refractivity contribution in [3.8, 4) is 0 Å². The molecule has 3 rings (SSSR count). The highest BCUT2D eigenvalue weighted by Crippen LogP contribution is 2.19. The number of guanidine groups is 1. The number of hydrogen-bond donors (Lipinski definition) is 2. The van der Waals surface area contributed by atoms with E-state index < -0.39 is 10.0 Å². The molecule has 0 aromatic heterocycles. The van der Waals surface area contributed by atoms with Crippen molar-refractivity contribution in [2.75, 3.05) is 25.4 Å². The molecule has 158 valence electrons. The van der Waals surface area contributed by atoms with Gasteiger partial charge in [-0.15, -0.1) is 0 Å². The van der Waals surface area contributed by atoms with Crippen molar-refractivity contribution in [2.24, 2.45) is 4.99 Å². The molecule has 0 spiro atoms. The van der Waals surface area contributed by atoms with Crippen molar-refractivity contribution in [1.82, 2.24) is 14.9 Å². The van der Waals surface area contributed by atoms with Crippen LogP contribution in [0.3, 0.4) is 0 Å². The second kappa shape index (κ2) is 10.1. The Labute approximate surface area is 174 Å². The van der Waals surface area contributed by atoms with E-state index >= 15 is 0 Å². The minimum Gasteiger partial charge on any atom is -0.357 e. The molecule has 0 radical (unpaired) electrons. The minimum atomic E-state index is -3.10. The van der Waals surface area contributed by atoms with E-state index in [1.54, 1.807) is 4.31 Å². The molecule has 0 unspecified atom stereocenters. The quantitative estimate of drug-likeness (QED) is 0.537. The Kier molecular flexibility index (Phi) is 7.50. The number of benzene rings is 2. The van der Waals surface area contributed by atoms with Gasteiger partial charge >= 0.3 is 0 Å². The number of rotatable bonds is 7. The van der Waals surface area contributed by atoms with Gasteiger partial charge in [0.15, 0.2) is 5.96 Å². The zero-order chi connectivity index (χ0) is 20.7. The van der Waals surface area contributed by atoms with Gasteiger partial charge in [-0.1, -0.05) is 49.4 Å². The van der Waals surface area contributed by atoms with Crippen molar-refractivity contribution in [3.63, 3.8) is 0 Å². The van der Waals surface area contributed by atoms with Crippen LogP contribution in [-0.2, 0) is 16.6 Å². The molecular formula is C22H32N4O2S. The molecule has 1 fully saturated rings. The number of hydrogen-bond acceptors (Lipinski definition) is 3. The highest BCUT2D eigenvalue weighted by Gasteiger charge is 2.27. The van der Waals surface area contributed by atoms with Crippen LogP contribution in [0, 0.1) is 0 Å². The average molecular weight is 417 g/mol. The molecule has 0 bridgehead atoms. The Hall–Kier alpha value is -2.12. The third-order valence-corrected chi connectivity index (χ3v) is 7.36. The smallest absolute Gasteiger partial charge is 0.214 e. The van der Waals surface area contributed by atoms with Crippen molar-refractivity contribution >= 4 is 26.8 Å². The van der Waals surface area contributed by atoms with Crippen LogP contribution in [0.2, 0.25) is 0 Å².